The Morgan fingerprint density at radius 2 is 2.00 bits per heavy atom. The molecule has 3 rings (SSSR count). The van der Waals surface area contributed by atoms with Crippen molar-refractivity contribution in [3.8, 4) is 0 Å². The summed E-state index contributed by atoms with van der Waals surface area (Å²) in [6, 6.07) is 0. The minimum absolute atomic E-state index is 0.0878. The zero-order valence-corrected chi connectivity index (χ0v) is 13.2. The number of sulfonamides is 1. The highest BCUT2D eigenvalue weighted by atomic mass is 32.2. The summed E-state index contributed by atoms with van der Waals surface area (Å²) in [5.41, 5.74) is 0. The molecule has 4 atom stereocenters. The topological polar surface area (TPSA) is 72.5 Å². The van der Waals surface area contributed by atoms with Crippen molar-refractivity contribution in [3.05, 3.63) is 0 Å². The van der Waals surface area contributed by atoms with E-state index in [0.29, 0.717) is 24.9 Å². The highest BCUT2D eigenvalue weighted by molar-refractivity contribution is 7.90. The third kappa shape index (κ3) is 3.97. The first kappa shape index (κ1) is 15.3. The van der Waals surface area contributed by atoms with Crippen molar-refractivity contribution in [1.82, 2.24) is 4.72 Å². The fraction of sp³-hybridized carbons (Fsp3) is 0.933. The van der Waals surface area contributed by atoms with E-state index in [1.807, 2.05) is 0 Å². The molecule has 1 saturated heterocycles. The number of amides is 1. The van der Waals surface area contributed by atoms with Crippen LogP contribution in [-0.4, -0.2) is 32.8 Å². The lowest BCUT2D eigenvalue weighted by atomic mass is 9.86. The molecule has 3 fully saturated rings. The van der Waals surface area contributed by atoms with Gasteiger partial charge in [-0.1, -0.05) is 6.42 Å². The summed E-state index contributed by atoms with van der Waals surface area (Å²) in [6.07, 6.45) is 7.71. The van der Waals surface area contributed by atoms with Gasteiger partial charge < -0.3 is 4.74 Å². The van der Waals surface area contributed by atoms with Gasteiger partial charge in [0, 0.05) is 13.0 Å². The van der Waals surface area contributed by atoms with E-state index in [0.717, 1.165) is 31.6 Å². The van der Waals surface area contributed by atoms with Crippen LogP contribution in [0, 0.1) is 17.8 Å². The molecule has 0 unspecified atom stereocenters. The first-order valence-electron chi connectivity index (χ1n) is 8.17. The van der Waals surface area contributed by atoms with Crippen LogP contribution in [-0.2, 0) is 19.6 Å². The quantitative estimate of drug-likeness (QED) is 0.840. The number of hydrogen-bond acceptors (Lipinski definition) is 4. The van der Waals surface area contributed by atoms with Gasteiger partial charge >= 0.3 is 0 Å². The van der Waals surface area contributed by atoms with Gasteiger partial charge in [-0.2, -0.15) is 0 Å². The molecule has 120 valence electrons. The predicted molar refractivity (Wildman–Crippen MR) is 79.1 cm³/mol. The van der Waals surface area contributed by atoms with E-state index in [4.69, 9.17) is 4.74 Å². The van der Waals surface area contributed by atoms with Gasteiger partial charge in [-0.25, -0.2) is 8.42 Å². The van der Waals surface area contributed by atoms with E-state index in [-0.39, 0.29) is 17.8 Å². The van der Waals surface area contributed by atoms with Gasteiger partial charge in [-0.15, -0.1) is 0 Å². The number of carbonyl (C=O) groups excluding carboxylic acids is 1. The van der Waals surface area contributed by atoms with Gasteiger partial charge in [0.15, 0.2) is 0 Å². The largest absolute Gasteiger partial charge is 0.377 e. The second-order valence-corrected chi connectivity index (χ2v) is 8.70. The van der Waals surface area contributed by atoms with Crippen molar-refractivity contribution in [3.63, 3.8) is 0 Å². The van der Waals surface area contributed by atoms with Crippen molar-refractivity contribution in [2.24, 2.45) is 17.8 Å². The van der Waals surface area contributed by atoms with Crippen LogP contribution in [0.3, 0.4) is 0 Å². The molecule has 21 heavy (non-hydrogen) atoms. The molecule has 1 aliphatic heterocycles. The molecule has 0 radical (unpaired) electrons. The van der Waals surface area contributed by atoms with Crippen molar-refractivity contribution >= 4 is 15.9 Å². The molecule has 3 aliphatic rings. The fourth-order valence-corrected chi connectivity index (χ4v) is 5.57. The minimum atomic E-state index is -3.56. The van der Waals surface area contributed by atoms with Gasteiger partial charge in [-0.3, -0.25) is 9.52 Å². The van der Waals surface area contributed by atoms with Crippen LogP contribution in [0.1, 0.15) is 51.4 Å². The van der Waals surface area contributed by atoms with E-state index in [2.05, 4.69) is 4.72 Å². The summed E-state index contributed by atoms with van der Waals surface area (Å²) in [6.45, 7) is 0.624. The summed E-state index contributed by atoms with van der Waals surface area (Å²) in [4.78, 5) is 12.0. The highest BCUT2D eigenvalue weighted by Crippen LogP contribution is 2.49. The SMILES string of the molecule is O=C(C[C@@H]1C[C@H]2CC[C@H]1C2)NS(=O)(=O)C[C@H]1CCCCO1. The van der Waals surface area contributed by atoms with Crippen molar-refractivity contribution in [1.29, 1.82) is 0 Å². The normalized spacial score (nSPS) is 35.8. The van der Waals surface area contributed by atoms with E-state index in [1.54, 1.807) is 0 Å². The smallest absolute Gasteiger partial charge is 0.237 e. The summed E-state index contributed by atoms with van der Waals surface area (Å²) in [5, 5.41) is 0. The second kappa shape index (κ2) is 6.24. The Hall–Kier alpha value is -0.620. The lowest BCUT2D eigenvalue weighted by Crippen LogP contribution is -2.39. The summed E-state index contributed by atoms with van der Waals surface area (Å²) in [5.74, 6) is 1.40. The maximum Gasteiger partial charge on any atom is 0.237 e. The maximum atomic E-state index is 12.0. The first-order valence-corrected chi connectivity index (χ1v) is 9.82. The van der Waals surface area contributed by atoms with Crippen molar-refractivity contribution in [2.45, 2.75) is 57.5 Å². The fourth-order valence-electron chi connectivity index (χ4n) is 4.30. The molecule has 2 saturated carbocycles. The number of rotatable bonds is 5. The number of ether oxygens (including phenoxy) is 1. The van der Waals surface area contributed by atoms with Crippen LogP contribution in [0.25, 0.3) is 0 Å². The Morgan fingerprint density at radius 1 is 1.14 bits per heavy atom. The number of fused-ring (bicyclic) bond motifs is 2. The second-order valence-electron chi connectivity index (χ2n) is 6.93. The maximum absolute atomic E-state index is 12.0. The number of carbonyl (C=O) groups is 1. The third-order valence-electron chi connectivity index (χ3n) is 5.28. The number of nitrogens with one attached hydrogen (secondary N) is 1. The summed E-state index contributed by atoms with van der Waals surface area (Å²) < 4.78 is 31.7. The Labute approximate surface area is 126 Å². The average Bonchev–Trinajstić information content (AvgIpc) is 3.00. The Balaban J connectivity index is 1.46. The van der Waals surface area contributed by atoms with Crippen LogP contribution < -0.4 is 4.72 Å². The molecule has 0 aromatic rings. The molecule has 0 spiro atoms. The zero-order chi connectivity index (χ0) is 14.9. The summed E-state index contributed by atoms with van der Waals surface area (Å²) in [7, 11) is -3.56. The monoisotopic (exact) mass is 315 g/mol. The van der Waals surface area contributed by atoms with Crippen LogP contribution in [0.4, 0.5) is 0 Å². The molecule has 0 aromatic carbocycles. The van der Waals surface area contributed by atoms with Crippen LogP contribution in [0.15, 0.2) is 0 Å². The molecular formula is C15H25NO4S. The standard InChI is InChI=1S/C15H25NO4S/c17-15(9-13-8-11-4-5-12(13)7-11)16-21(18,19)10-14-3-1-2-6-20-14/h11-14H,1-10H2,(H,16,17)/t11-,12-,13-,14+/m0/s1. The van der Waals surface area contributed by atoms with Crippen molar-refractivity contribution in [2.75, 3.05) is 12.4 Å². The molecule has 5 nitrogen and oxygen atoms in total. The lowest BCUT2D eigenvalue weighted by Gasteiger charge is -2.23. The van der Waals surface area contributed by atoms with Crippen LogP contribution in [0.2, 0.25) is 0 Å². The third-order valence-corrected chi connectivity index (χ3v) is 6.63. The molecule has 2 aliphatic carbocycles. The number of hydrogen-bond donors (Lipinski definition) is 1. The van der Waals surface area contributed by atoms with E-state index in [9.17, 15) is 13.2 Å². The molecule has 1 heterocycles. The van der Waals surface area contributed by atoms with E-state index in [1.165, 1.54) is 19.3 Å². The molecule has 1 N–H and O–H groups in total. The van der Waals surface area contributed by atoms with Crippen LogP contribution >= 0.6 is 0 Å². The highest BCUT2D eigenvalue weighted by Gasteiger charge is 2.40. The first-order chi connectivity index (χ1) is 10.0. The predicted octanol–water partition coefficient (Wildman–Crippen LogP) is 1.83. The minimum Gasteiger partial charge on any atom is -0.377 e. The van der Waals surface area contributed by atoms with Gasteiger partial charge in [0.1, 0.15) is 0 Å². The van der Waals surface area contributed by atoms with E-state index >= 15 is 0 Å². The molecule has 1 amide bonds. The van der Waals surface area contributed by atoms with Gasteiger partial charge in [0.05, 0.1) is 11.9 Å². The Morgan fingerprint density at radius 3 is 2.62 bits per heavy atom. The van der Waals surface area contributed by atoms with Crippen LogP contribution in [0.5, 0.6) is 0 Å². The lowest BCUT2D eigenvalue weighted by molar-refractivity contribution is -0.120. The van der Waals surface area contributed by atoms with Crippen molar-refractivity contribution < 1.29 is 17.9 Å². The van der Waals surface area contributed by atoms with Gasteiger partial charge in [0.25, 0.3) is 0 Å². The Bertz CT molecular complexity index is 484. The van der Waals surface area contributed by atoms with E-state index < -0.39 is 10.0 Å². The van der Waals surface area contributed by atoms with Gasteiger partial charge in [0.2, 0.25) is 15.9 Å². The molecular weight excluding hydrogens is 290 g/mol. The summed E-state index contributed by atoms with van der Waals surface area (Å²) >= 11 is 0. The average molecular weight is 315 g/mol. The molecule has 6 heteroatoms. The molecule has 2 bridgehead atoms. The zero-order valence-electron chi connectivity index (χ0n) is 12.4. The van der Waals surface area contributed by atoms with Gasteiger partial charge in [-0.05, 0) is 56.3 Å². The Kier molecular flexibility index (Phi) is 4.54. The molecule has 0 aromatic heterocycles.